The number of thioether (sulfide) groups is 1. The monoisotopic (exact) mass is 1390 g/mol. The lowest BCUT2D eigenvalue weighted by atomic mass is 9.77. The van der Waals surface area contributed by atoms with E-state index in [1.807, 2.05) is 62.3 Å². The van der Waals surface area contributed by atoms with Crippen LogP contribution in [0.15, 0.2) is 114 Å². The molecule has 0 bridgehead atoms. The Morgan fingerprint density at radius 1 is 0.525 bits per heavy atom. The molecule has 6 aliphatic rings. The third-order valence-corrected chi connectivity index (χ3v) is 18.5. The Morgan fingerprint density at radius 3 is 1.55 bits per heavy atom. The molecule has 0 fully saturated rings. The summed E-state index contributed by atoms with van der Waals surface area (Å²) in [6.07, 6.45) is -5.74. The number of halogens is 5. The molecule has 0 aromatic heterocycles. The molecule has 12 rings (SSSR count). The molecule has 99 heavy (non-hydrogen) atoms. The molecule has 1 unspecified atom stereocenters. The molecule has 6 aliphatic heterocycles. The van der Waals surface area contributed by atoms with Crippen molar-refractivity contribution >= 4 is 35.1 Å². The second kappa shape index (κ2) is 29.3. The molecule has 1 atom stereocenters. The first kappa shape index (κ1) is 79.0. The summed E-state index contributed by atoms with van der Waals surface area (Å²) in [5.41, 5.74) is 13.3. The number of hydrogen-bond donors (Lipinski definition) is 2. The van der Waals surface area contributed by atoms with E-state index in [0.717, 1.165) is 73.1 Å². The zero-order chi connectivity index (χ0) is 74.1. The number of alkyl halides is 5. The Kier molecular flexibility index (Phi) is 23.4. The van der Waals surface area contributed by atoms with Crippen LogP contribution in [-0.2, 0) is 60.4 Å². The lowest BCUT2D eigenvalue weighted by Gasteiger charge is -2.36. The van der Waals surface area contributed by atoms with Crippen molar-refractivity contribution < 1.29 is 64.7 Å². The fourth-order valence-corrected chi connectivity index (χ4v) is 12.0. The highest BCUT2D eigenvalue weighted by molar-refractivity contribution is 8.00. The van der Waals surface area contributed by atoms with E-state index in [0.29, 0.717) is 19.2 Å². The number of amides is 2. The Hall–Kier alpha value is -7.34. The highest BCUT2D eigenvalue weighted by atomic mass is 32.2. The van der Waals surface area contributed by atoms with Gasteiger partial charge in [-0.15, -0.1) is 20.5 Å². The van der Waals surface area contributed by atoms with Crippen molar-refractivity contribution in [2.75, 3.05) is 42.7 Å². The molecule has 6 heterocycles. The zero-order valence-corrected chi connectivity index (χ0v) is 63.8. The number of ether oxygens (including phenoxy) is 7. The number of hydrogen-bond acceptors (Lipinski definition) is 11. The van der Waals surface area contributed by atoms with E-state index in [9.17, 15) is 31.5 Å². The van der Waals surface area contributed by atoms with Gasteiger partial charge in [-0.2, -0.15) is 13.2 Å². The maximum absolute atomic E-state index is 13.6. The van der Waals surface area contributed by atoms with Crippen LogP contribution in [0.25, 0.3) is 0 Å². The minimum absolute atomic E-state index is 0.0149. The van der Waals surface area contributed by atoms with Crippen molar-refractivity contribution in [3.63, 3.8) is 0 Å². The zero-order valence-electron chi connectivity index (χ0n) is 63.0. The van der Waals surface area contributed by atoms with Crippen LogP contribution in [0.3, 0.4) is 0 Å². The molecule has 0 aliphatic carbocycles. The number of anilines is 2. The Balaban J connectivity index is 0.000000168. The second-order valence-electron chi connectivity index (χ2n) is 34.0. The van der Waals surface area contributed by atoms with Gasteiger partial charge in [-0.3, -0.25) is 4.79 Å². The van der Waals surface area contributed by atoms with Crippen LogP contribution < -0.4 is 39.1 Å². The van der Waals surface area contributed by atoms with Gasteiger partial charge in [-0.25, -0.2) is 4.79 Å². The summed E-state index contributed by atoms with van der Waals surface area (Å²) in [7, 11) is 0. The average molecular weight is 1390 g/mol. The number of benzene rings is 6. The Labute approximate surface area is 590 Å². The van der Waals surface area contributed by atoms with Crippen LogP contribution in [0.4, 0.5) is 38.1 Å². The maximum atomic E-state index is 13.6. The number of fused-ring (bicyclic) bond motifs is 6. The van der Waals surface area contributed by atoms with Crippen LogP contribution in [0.2, 0.25) is 0 Å². The molecule has 0 spiro atoms. The van der Waals surface area contributed by atoms with Crippen molar-refractivity contribution in [1.82, 2.24) is 4.90 Å². The molecule has 542 valence electrons. The molecule has 0 radical (unpaired) electrons. The smallest absolute Gasteiger partial charge is 0.493 e. The van der Waals surface area contributed by atoms with Crippen molar-refractivity contribution in [3.8, 4) is 34.5 Å². The normalized spacial score (nSPS) is 18.4. The number of nitrogens with one attached hydrogen (secondary N) is 2. The quantitative estimate of drug-likeness (QED) is 0.141. The lowest BCUT2D eigenvalue weighted by Crippen LogP contribution is -2.53. The number of nitrogens with zero attached hydrogens (tertiary/aromatic N) is 1. The van der Waals surface area contributed by atoms with Crippen molar-refractivity contribution in [2.45, 2.75) is 252 Å². The van der Waals surface area contributed by atoms with E-state index < -0.39 is 23.9 Å². The summed E-state index contributed by atoms with van der Waals surface area (Å²) in [6, 6.07) is 35.3. The number of carbonyl (C=O) groups excluding carboxylic acids is 2. The van der Waals surface area contributed by atoms with Gasteiger partial charge in [0.2, 0.25) is 5.91 Å². The first-order valence-corrected chi connectivity index (χ1v) is 35.2. The molecular weight excluding hydrogens is 1290 g/mol. The van der Waals surface area contributed by atoms with Crippen LogP contribution in [0.1, 0.15) is 223 Å². The molecule has 18 heteroatoms. The van der Waals surface area contributed by atoms with Crippen molar-refractivity contribution in [2.24, 2.45) is 0 Å². The van der Waals surface area contributed by atoms with E-state index in [1.54, 1.807) is 34.9 Å². The summed E-state index contributed by atoms with van der Waals surface area (Å²) in [4.78, 5) is 26.4. The minimum atomic E-state index is -4.00. The molecule has 12 nitrogen and oxygen atoms in total. The van der Waals surface area contributed by atoms with Crippen molar-refractivity contribution in [3.05, 3.63) is 159 Å². The minimum Gasteiger partial charge on any atom is -0.493 e. The van der Waals surface area contributed by atoms with Crippen LogP contribution in [0, 0.1) is 0 Å². The van der Waals surface area contributed by atoms with Gasteiger partial charge in [0.25, 0.3) is 0 Å². The van der Waals surface area contributed by atoms with Crippen LogP contribution in [-0.4, -0.2) is 72.8 Å². The van der Waals surface area contributed by atoms with Crippen LogP contribution >= 0.6 is 11.8 Å². The molecule has 6 aromatic rings. The summed E-state index contributed by atoms with van der Waals surface area (Å²) in [5.74, 6) is -0.432. The maximum Gasteiger partial charge on any atom is 0.586 e. The molecule has 2 amide bonds. The van der Waals surface area contributed by atoms with Gasteiger partial charge < -0.3 is 48.7 Å². The highest BCUT2D eigenvalue weighted by Gasteiger charge is 2.60. The molecular formula is C81H108F5N3O9S. The average Bonchev–Trinajstić information content (AvgIpc) is 1.48. The first-order chi connectivity index (χ1) is 45.2. The van der Waals surface area contributed by atoms with E-state index >= 15 is 0 Å². The largest absolute Gasteiger partial charge is 0.586 e. The van der Waals surface area contributed by atoms with E-state index in [1.165, 1.54) is 62.0 Å². The predicted octanol–water partition coefficient (Wildman–Crippen LogP) is 21.5. The van der Waals surface area contributed by atoms with Gasteiger partial charge in [-0.05, 0) is 176 Å². The molecule has 0 saturated carbocycles. The summed E-state index contributed by atoms with van der Waals surface area (Å²) < 4.78 is 100. The van der Waals surface area contributed by atoms with Gasteiger partial charge in [0.1, 0.15) is 23.7 Å². The third kappa shape index (κ3) is 21.1. The van der Waals surface area contributed by atoms with Gasteiger partial charge in [0, 0.05) is 31.5 Å². The number of rotatable bonds is 0. The van der Waals surface area contributed by atoms with E-state index in [4.69, 9.17) is 14.2 Å². The fourth-order valence-electron chi connectivity index (χ4n) is 11.2. The van der Waals surface area contributed by atoms with E-state index in [2.05, 4.69) is 199 Å². The Morgan fingerprint density at radius 2 is 1.00 bits per heavy atom. The Bertz CT molecular complexity index is 3840. The number of carbonyl (C=O) groups is 2. The van der Waals surface area contributed by atoms with Gasteiger partial charge in [-0.1, -0.05) is 193 Å². The molecule has 6 aromatic carbocycles. The highest BCUT2D eigenvalue weighted by Crippen LogP contribution is 2.48. The topological polar surface area (TPSA) is 126 Å². The summed E-state index contributed by atoms with van der Waals surface area (Å²) in [6.45, 7) is 53.3. The third-order valence-electron chi connectivity index (χ3n) is 17.4. The first-order valence-electron chi connectivity index (χ1n) is 34.2. The van der Waals surface area contributed by atoms with E-state index in [-0.39, 0.29) is 72.9 Å². The van der Waals surface area contributed by atoms with Gasteiger partial charge >= 0.3 is 24.4 Å². The van der Waals surface area contributed by atoms with Gasteiger partial charge in [0.15, 0.2) is 23.0 Å². The predicted molar refractivity (Wildman–Crippen MR) is 390 cm³/mol. The second-order valence-corrected chi connectivity index (χ2v) is 35.0. The standard InChI is InChI=1S/C18H27NO2.C15H22O.C13H15F3O2.C12H15NOS.C12H17NO.C11H12F2O2/c1-17(2,3)15-9-7-8-13-12-19(11-10-14(13)15)16(20)21-18(4,5)6;1-14(2,3)11-6-7-12-13(10-11)16-9-8-15(12,4)5;1-11(2,3)8-5-6-9-10(7-8)18-13(15,16)12(4,14)17-9;1-12(2,3)8-4-5-10-9(6-8)13-11(14)7-15-10;1-12(2,3)9-4-5-11-10(8-9)13-6-7-14-11;1-10(2,3)7-4-5-8-9(6-7)15-11(12,13)14-8/h7-9H,10-12H2,1-6H3;6-7,10H,8-9H2,1-5H3;5-7H,1-4H3;4-6H,7H2,1-3H3,(H,13,14);4-5,8,13H,6-7H2,1-3H3;4-6H,1-3H3. The SMILES string of the molecule is CC(C)(C)OC(=O)N1CCc2c(cccc2C(C)(C)C)C1.CC(C)(C)c1ccc2c(c1)NC(=O)CS2.CC(C)(C)c1ccc2c(c1)NCCO2.CC(C)(C)c1ccc2c(c1)OC(F)(F)C(C)(F)O2.CC(C)(C)c1ccc2c(c1)OC(F)(F)O2.CC(C)(C)c1ccc2c(c1)OCCC2(C)C. The van der Waals surface area contributed by atoms with Crippen molar-refractivity contribution in [1.29, 1.82) is 0 Å². The summed E-state index contributed by atoms with van der Waals surface area (Å²) in [5, 5.41) is 6.26. The molecule has 2 N–H and O–H groups in total. The molecule has 0 saturated heterocycles. The fraction of sp³-hybridized carbons (Fsp3) is 0.531. The summed E-state index contributed by atoms with van der Waals surface area (Å²) >= 11 is 1.60. The lowest BCUT2D eigenvalue weighted by molar-refractivity contribution is -0.332. The van der Waals surface area contributed by atoms with Crippen LogP contribution in [0.5, 0.6) is 34.5 Å². The van der Waals surface area contributed by atoms with Gasteiger partial charge in [0.05, 0.1) is 23.7 Å².